The average Bonchev–Trinajstić information content (AvgIpc) is 2.32. The number of hydrogen-bond acceptors (Lipinski definition) is 2. The number of rotatable bonds is 3. The van der Waals surface area contributed by atoms with E-state index in [1.807, 2.05) is 0 Å². The van der Waals surface area contributed by atoms with Crippen molar-refractivity contribution in [1.29, 1.82) is 0 Å². The van der Waals surface area contributed by atoms with E-state index in [0.29, 0.717) is 0 Å². The molecule has 100 valence electrons. The molecule has 1 saturated carbocycles. The van der Waals surface area contributed by atoms with E-state index in [0.717, 1.165) is 23.9 Å². The van der Waals surface area contributed by atoms with Crippen LogP contribution in [0.3, 0.4) is 0 Å². The van der Waals surface area contributed by atoms with Gasteiger partial charge in [-0.25, -0.2) is 0 Å². The highest BCUT2D eigenvalue weighted by molar-refractivity contribution is 4.87. The van der Waals surface area contributed by atoms with Gasteiger partial charge < -0.3 is 10.2 Å². The van der Waals surface area contributed by atoms with Crippen LogP contribution in [-0.2, 0) is 0 Å². The molecule has 2 heteroatoms. The molecule has 0 spiro atoms. The van der Waals surface area contributed by atoms with Crippen molar-refractivity contribution in [2.45, 2.75) is 64.5 Å². The van der Waals surface area contributed by atoms with Crippen molar-refractivity contribution in [1.82, 2.24) is 10.2 Å². The lowest BCUT2D eigenvalue weighted by atomic mass is 9.77. The standard InChI is InChI=1S/C15H30N2/c1-12(2)14-6-4-5-7-15(14)16-13-8-10-17(3)11-9-13/h12-16H,4-11H2,1-3H3. The molecule has 0 radical (unpaired) electrons. The second kappa shape index (κ2) is 6.19. The van der Waals surface area contributed by atoms with Gasteiger partial charge in [-0.1, -0.05) is 26.7 Å². The second-order valence-electron chi connectivity index (χ2n) is 6.54. The van der Waals surface area contributed by atoms with Gasteiger partial charge in [0.25, 0.3) is 0 Å². The first-order valence-electron chi connectivity index (χ1n) is 7.61. The molecule has 2 atom stereocenters. The smallest absolute Gasteiger partial charge is 0.0100 e. The maximum atomic E-state index is 3.98. The fourth-order valence-corrected chi connectivity index (χ4v) is 3.64. The van der Waals surface area contributed by atoms with E-state index < -0.39 is 0 Å². The molecule has 0 bridgehead atoms. The van der Waals surface area contributed by atoms with Crippen LogP contribution in [0, 0.1) is 11.8 Å². The molecular weight excluding hydrogens is 208 g/mol. The van der Waals surface area contributed by atoms with Crippen molar-refractivity contribution in [2.24, 2.45) is 11.8 Å². The summed E-state index contributed by atoms with van der Waals surface area (Å²) in [6.45, 7) is 7.35. The zero-order valence-corrected chi connectivity index (χ0v) is 11.9. The highest BCUT2D eigenvalue weighted by atomic mass is 15.1. The monoisotopic (exact) mass is 238 g/mol. The second-order valence-corrected chi connectivity index (χ2v) is 6.54. The molecule has 0 aromatic heterocycles. The molecule has 1 saturated heterocycles. The predicted octanol–water partition coefficient (Wildman–Crippen LogP) is 2.89. The first-order valence-corrected chi connectivity index (χ1v) is 7.61. The Bertz CT molecular complexity index is 219. The van der Waals surface area contributed by atoms with E-state index >= 15 is 0 Å². The number of hydrogen-bond donors (Lipinski definition) is 1. The van der Waals surface area contributed by atoms with Gasteiger partial charge in [0, 0.05) is 12.1 Å². The topological polar surface area (TPSA) is 15.3 Å². The maximum absolute atomic E-state index is 3.98. The van der Waals surface area contributed by atoms with E-state index in [9.17, 15) is 0 Å². The van der Waals surface area contributed by atoms with Crippen molar-refractivity contribution >= 4 is 0 Å². The average molecular weight is 238 g/mol. The predicted molar refractivity (Wildman–Crippen MR) is 74.2 cm³/mol. The quantitative estimate of drug-likeness (QED) is 0.813. The lowest BCUT2D eigenvalue weighted by Gasteiger charge is -2.39. The van der Waals surface area contributed by atoms with Gasteiger partial charge in [-0.15, -0.1) is 0 Å². The Morgan fingerprint density at radius 2 is 1.65 bits per heavy atom. The Hall–Kier alpha value is -0.0800. The van der Waals surface area contributed by atoms with E-state index in [2.05, 4.69) is 31.1 Å². The molecule has 0 aromatic carbocycles. The third-order valence-corrected chi connectivity index (χ3v) is 4.84. The molecule has 2 unspecified atom stereocenters. The molecule has 2 fully saturated rings. The zero-order chi connectivity index (χ0) is 12.3. The zero-order valence-electron chi connectivity index (χ0n) is 11.9. The van der Waals surface area contributed by atoms with Crippen LogP contribution in [0.25, 0.3) is 0 Å². The normalized spacial score (nSPS) is 33.2. The van der Waals surface area contributed by atoms with Gasteiger partial charge in [0.05, 0.1) is 0 Å². The molecule has 17 heavy (non-hydrogen) atoms. The molecule has 1 aliphatic carbocycles. The lowest BCUT2D eigenvalue weighted by molar-refractivity contribution is 0.161. The van der Waals surface area contributed by atoms with Crippen molar-refractivity contribution in [3.63, 3.8) is 0 Å². The molecule has 0 aromatic rings. The van der Waals surface area contributed by atoms with Crippen LogP contribution >= 0.6 is 0 Å². The van der Waals surface area contributed by atoms with Crippen molar-refractivity contribution < 1.29 is 0 Å². The van der Waals surface area contributed by atoms with Crippen molar-refractivity contribution in [3.05, 3.63) is 0 Å². The summed E-state index contributed by atoms with van der Waals surface area (Å²) in [5.41, 5.74) is 0. The summed E-state index contributed by atoms with van der Waals surface area (Å²) in [7, 11) is 2.24. The molecule has 1 aliphatic heterocycles. The van der Waals surface area contributed by atoms with Gasteiger partial charge in [0.1, 0.15) is 0 Å². The van der Waals surface area contributed by atoms with Crippen LogP contribution < -0.4 is 5.32 Å². The number of nitrogens with zero attached hydrogens (tertiary/aromatic N) is 1. The Morgan fingerprint density at radius 3 is 2.29 bits per heavy atom. The van der Waals surface area contributed by atoms with Crippen LogP contribution in [0.1, 0.15) is 52.4 Å². The van der Waals surface area contributed by atoms with Crippen LogP contribution in [0.5, 0.6) is 0 Å². The summed E-state index contributed by atoms with van der Waals surface area (Å²) >= 11 is 0. The Morgan fingerprint density at radius 1 is 1.00 bits per heavy atom. The third kappa shape index (κ3) is 3.69. The van der Waals surface area contributed by atoms with Gasteiger partial charge in [-0.05, 0) is 57.7 Å². The summed E-state index contributed by atoms with van der Waals surface area (Å²) in [5, 5.41) is 3.98. The first kappa shape index (κ1) is 13.4. The number of piperidine rings is 1. The Labute approximate surface area is 107 Å². The fraction of sp³-hybridized carbons (Fsp3) is 1.00. The highest BCUT2D eigenvalue weighted by Gasteiger charge is 2.29. The van der Waals surface area contributed by atoms with Crippen LogP contribution in [-0.4, -0.2) is 37.1 Å². The minimum atomic E-state index is 0.788. The minimum absolute atomic E-state index is 0.788. The SMILES string of the molecule is CC(C)C1CCCCC1NC1CCN(C)CC1. The Kier molecular flexibility index (Phi) is 4.87. The van der Waals surface area contributed by atoms with Crippen LogP contribution in [0.2, 0.25) is 0 Å². The Balaban J connectivity index is 1.83. The maximum Gasteiger partial charge on any atom is 0.0100 e. The number of nitrogens with one attached hydrogen (secondary N) is 1. The molecule has 2 rings (SSSR count). The summed E-state index contributed by atoms with van der Waals surface area (Å²) in [4.78, 5) is 2.46. The van der Waals surface area contributed by atoms with Gasteiger partial charge in [0.2, 0.25) is 0 Å². The fourth-order valence-electron chi connectivity index (χ4n) is 3.64. The molecule has 2 nitrogen and oxygen atoms in total. The van der Waals surface area contributed by atoms with Crippen molar-refractivity contribution in [2.75, 3.05) is 20.1 Å². The molecule has 0 amide bonds. The van der Waals surface area contributed by atoms with Gasteiger partial charge >= 0.3 is 0 Å². The van der Waals surface area contributed by atoms with E-state index in [1.54, 1.807) is 0 Å². The van der Waals surface area contributed by atoms with E-state index in [4.69, 9.17) is 0 Å². The van der Waals surface area contributed by atoms with Crippen LogP contribution in [0.4, 0.5) is 0 Å². The largest absolute Gasteiger partial charge is 0.311 e. The molecule has 1 N–H and O–H groups in total. The van der Waals surface area contributed by atoms with Crippen LogP contribution in [0.15, 0.2) is 0 Å². The minimum Gasteiger partial charge on any atom is -0.311 e. The summed E-state index contributed by atoms with van der Waals surface area (Å²) in [5.74, 6) is 1.77. The molecule has 1 heterocycles. The van der Waals surface area contributed by atoms with E-state index in [-0.39, 0.29) is 0 Å². The summed E-state index contributed by atoms with van der Waals surface area (Å²) < 4.78 is 0. The van der Waals surface area contributed by atoms with Gasteiger partial charge in [-0.3, -0.25) is 0 Å². The molecule has 2 aliphatic rings. The van der Waals surface area contributed by atoms with E-state index in [1.165, 1.54) is 51.6 Å². The molecular formula is C15H30N2. The number of likely N-dealkylation sites (tertiary alicyclic amines) is 1. The third-order valence-electron chi connectivity index (χ3n) is 4.84. The van der Waals surface area contributed by atoms with Crippen molar-refractivity contribution in [3.8, 4) is 0 Å². The summed E-state index contributed by atoms with van der Waals surface area (Å²) in [6.07, 6.45) is 8.44. The lowest BCUT2D eigenvalue weighted by Crippen LogP contribution is -2.49. The van der Waals surface area contributed by atoms with Gasteiger partial charge in [-0.2, -0.15) is 0 Å². The highest BCUT2D eigenvalue weighted by Crippen LogP contribution is 2.31. The first-order chi connectivity index (χ1) is 8.16. The van der Waals surface area contributed by atoms with Gasteiger partial charge in [0.15, 0.2) is 0 Å². The summed E-state index contributed by atoms with van der Waals surface area (Å²) in [6, 6.07) is 1.59.